The van der Waals surface area contributed by atoms with Crippen molar-refractivity contribution in [3.63, 3.8) is 0 Å². The van der Waals surface area contributed by atoms with E-state index in [2.05, 4.69) is 30.6 Å². The van der Waals surface area contributed by atoms with Crippen LogP contribution in [0.1, 0.15) is 0 Å². The summed E-state index contributed by atoms with van der Waals surface area (Å²) < 4.78 is 2.68. The molecule has 0 saturated carbocycles. The van der Waals surface area contributed by atoms with Crippen LogP contribution in [0.25, 0.3) is 22.2 Å². The summed E-state index contributed by atoms with van der Waals surface area (Å²) in [6, 6.07) is 5.84. The zero-order valence-electron chi connectivity index (χ0n) is 13.0. The number of nitrogens with one attached hydrogen (secondary N) is 1. The Hall–Kier alpha value is -2.52. The maximum Gasteiger partial charge on any atom is 0.212 e. The molecule has 0 unspecified atom stereocenters. The van der Waals surface area contributed by atoms with Gasteiger partial charge in [0.25, 0.3) is 0 Å². The molecule has 0 aromatic carbocycles. The molecule has 0 aliphatic carbocycles. The summed E-state index contributed by atoms with van der Waals surface area (Å²) in [4.78, 5) is 9.11. The van der Waals surface area contributed by atoms with Crippen LogP contribution in [0, 0.1) is 0 Å². The lowest BCUT2D eigenvalue weighted by molar-refractivity contribution is 0.768. The van der Waals surface area contributed by atoms with Gasteiger partial charge in [0, 0.05) is 30.6 Å². The van der Waals surface area contributed by atoms with E-state index in [1.54, 1.807) is 16.4 Å². The molecule has 4 rings (SSSR count). The van der Waals surface area contributed by atoms with Crippen LogP contribution in [0.15, 0.2) is 41.1 Å². The van der Waals surface area contributed by atoms with Crippen LogP contribution in [-0.2, 0) is 7.05 Å². The molecule has 7 nitrogen and oxygen atoms in total. The Labute approximate surface area is 146 Å². The maximum atomic E-state index is 4.63. The molecule has 0 fully saturated rings. The summed E-state index contributed by atoms with van der Waals surface area (Å²) in [5.41, 5.74) is 3.66. The van der Waals surface area contributed by atoms with Crippen molar-refractivity contribution in [3.8, 4) is 11.1 Å². The molecule has 1 N–H and O–H groups in total. The maximum absolute atomic E-state index is 4.63. The summed E-state index contributed by atoms with van der Waals surface area (Å²) in [5.74, 6) is 0.719. The topological polar surface area (TPSA) is 81.4 Å². The second kappa shape index (κ2) is 6.17. The first kappa shape index (κ1) is 15.0. The highest BCUT2D eigenvalue weighted by Crippen LogP contribution is 2.27. The first-order valence-electron chi connectivity index (χ1n) is 7.11. The van der Waals surface area contributed by atoms with Crippen molar-refractivity contribution < 1.29 is 0 Å². The van der Waals surface area contributed by atoms with Crippen molar-refractivity contribution in [2.45, 2.75) is 4.34 Å². The standard InChI is InChI=1S/C15H13N7S2/c1-22-8-10(7-17-22)9-5-12-11(16-6-9)3-4-13(18-12)19-14-20-21-15(23-2)24-14/h3-8H,1-2H3,(H,18,19,20). The Morgan fingerprint density at radius 1 is 1.12 bits per heavy atom. The van der Waals surface area contributed by atoms with Crippen molar-refractivity contribution in [3.05, 3.63) is 36.8 Å². The molecule has 9 heteroatoms. The average molecular weight is 355 g/mol. The fraction of sp³-hybridized carbons (Fsp3) is 0.133. The number of hydrogen-bond acceptors (Lipinski definition) is 8. The molecule has 120 valence electrons. The zero-order valence-corrected chi connectivity index (χ0v) is 14.6. The molecule has 0 spiro atoms. The van der Waals surface area contributed by atoms with Crippen LogP contribution < -0.4 is 5.32 Å². The highest BCUT2D eigenvalue weighted by molar-refractivity contribution is 8.00. The van der Waals surface area contributed by atoms with E-state index in [4.69, 9.17) is 0 Å². The lowest BCUT2D eigenvalue weighted by atomic mass is 10.1. The fourth-order valence-corrected chi connectivity index (χ4v) is 3.43. The van der Waals surface area contributed by atoms with Crippen LogP contribution in [0.5, 0.6) is 0 Å². The van der Waals surface area contributed by atoms with E-state index in [9.17, 15) is 0 Å². The monoisotopic (exact) mass is 355 g/mol. The number of rotatable bonds is 4. The molecule has 0 atom stereocenters. The average Bonchev–Trinajstić information content (AvgIpc) is 3.23. The molecular weight excluding hydrogens is 342 g/mol. The van der Waals surface area contributed by atoms with Crippen LogP contribution in [0.3, 0.4) is 0 Å². The molecule has 0 aliphatic rings. The first-order valence-corrected chi connectivity index (χ1v) is 9.16. The van der Waals surface area contributed by atoms with Gasteiger partial charge in [0.2, 0.25) is 5.13 Å². The third-order valence-electron chi connectivity index (χ3n) is 3.39. The van der Waals surface area contributed by atoms with Crippen molar-refractivity contribution in [2.24, 2.45) is 7.05 Å². The summed E-state index contributed by atoms with van der Waals surface area (Å²) in [5, 5.41) is 16.3. The third kappa shape index (κ3) is 2.95. The first-order chi connectivity index (χ1) is 11.7. The van der Waals surface area contributed by atoms with Gasteiger partial charge < -0.3 is 5.32 Å². The second-order valence-corrected chi connectivity index (χ2v) is 7.09. The van der Waals surface area contributed by atoms with Gasteiger partial charge in [0.1, 0.15) is 5.82 Å². The summed E-state index contributed by atoms with van der Waals surface area (Å²) in [6.07, 6.45) is 7.58. The Balaban J connectivity index is 1.68. The third-order valence-corrected chi connectivity index (χ3v) is 5.21. The number of fused-ring (bicyclic) bond motifs is 1. The molecule has 4 aromatic heterocycles. The minimum absolute atomic E-state index is 0.719. The van der Waals surface area contributed by atoms with Gasteiger partial charge in [-0.3, -0.25) is 9.67 Å². The molecule has 0 amide bonds. The molecule has 0 aliphatic heterocycles. The Morgan fingerprint density at radius 3 is 2.79 bits per heavy atom. The highest BCUT2D eigenvalue weighted by atomic mass is 32.2. The van der Waals surface area contributed by atoms with E-state index < -0.39 is 0 Å². The van der Waals surface area contributed by atoms with Crippen LogP contribution >= 0.6 is 23.1 Å². The van der Waals surface area contributed by atoms with Crippen LogP contribution in [0.4, 0.5) is 10.9 Å². The van der Waals surface area contributed by atoms with Crippen LogP contribution in [0.2, 0.25) is 0 Å². The van der Waals surface area contributed by atoms with Gasteiger partial charge in [0.05, 0.1) is 17.2 Å². The van der Waals surface area contributed by atoms with Crippen molar-refractivity contribution >= 4 is 45.1 Å². The van der Waals surface area contributed by atoms with Gasteiger partial charge in [-0.05, 0) is 24.5 Å². The predicted octanol–water partition coefficient (Wildman–Crippen LogP) is 3.35. The number of anilines is 2. The highest BCUT2D eigenvalue weighted by Gasteiger charge is 2.07. The second-order valence-electron chi connectivity index (χ2n) is 5.06. The molecule has 0 saturated heterocycles. The Morgan fingerprint density at radius 2 is 2.04 bits per heavy atom. The SMILES string of the molecule is CSc1nnc(Nc2ccc3ncc(-c4cnn(C)c4)cc3n2)s1. The number of hydrogen-bond donors (Lipinski definition) is 1. The molecule has 4 heterocycles. The molecule has 0 bridgehead atoms. The van der Waals surface area contributed by atoms with Gasteiger partial charge in [-0.2, -0.15) is 5.10 Å². The number of aromatic nitrogens is 6. The minimum atomic E-state index is 0.719. The number of aryl methyl sites for hydroxylation is 1. The van der Waals surface area contributed by atoms with E-state index >= 15 is 0 Å². The molecule has 24 heavy (non-hydrogen) atoms. The van der Waals surface area contributed by atoms with Crippen molar-refractivity contribution in [1.29, 1.82) is 0 Å². The summed E-state index contributed by atoms with van der Waals surface area (Å²) in [7, 11) is 1.89. The molecule has 4 aromatic rings. The van der Waals surface area contributed by atoms with Crippen molar-refractivity contribution in [1.82, 2.24) is 29.9 Å². The minimum Gasteiger partial charge on any atom is -0.315 e. The predicted molar refractivity (Wildman–Crippen MR) is 96.7 cm³/mol. The van der Waals surface area contributed by atoms with Gasteiger partial charge in [-0.25, -0.2) is 4.98 Å². The summed E-state index contributed by atoms with van der Waals surface area (Å²) >= 11 is 3.07. The van der Waals surface area contributed by atoms with E-state index in [1.807, 2.05) is 50.1 Å². The van der Waals surface area contributed by atoms with Gasteiger partial charge in [0.15, 0.2) is 4.34 Å². The van der Waals surface area contributed by atoms with E-state index in [1.165, 1.54) is 11.3 Å². The normalized spacial score (nSPS) is 11.1. The summed E-state index contributed by atoms with van der Waals surface area (Å²) in [6.45, 7) is 0. The quantitative estimate of drug-likeness (QED) is 0.562. The Kier molecular flexibility index (Phi) is 3.87. The van der Waals surface area contributed by atoms with Gasteiger partial charge in [-0.15, -0.1) is 10.2 Å². The van der Waals surface area contributed by atoms with Crippen LogP contribution in [-0.4, -0.2) is 36.2 Å². The van der Waals surface area contributed by atoms with E-state index in [-0.39, 0.29) is 0 Å². The van der Waals surface area contributed by atoms with Crippen molar-refractivity contribution in [2.75, 3.05) is 11.6 Å². The van der Waals surface area contributed by atoms with E-state index in [0.29, 0.717) is 0 Å². The smallest absolute Gasteiger partial charge is 0.212 e. The van der Waals surface area contributed by atoms with Gasteiger partial charge >= 0.3 is 0 Å². The molecular formula is C15H13N7S2. The largest absolute Gasteiger partial charge is 0.315 e. The zero-order chi connectivity index (χ0) is 16.5. The van der Waals surface area contributed by atoms with Gasteiger partial charge in [-0.1, -0.05) is 23.1 Å². The number of thioether (sulfide) groups is 1. The molecule has 0 radical (unpaired) electrons. The fourth-order valence-electron chi connectivity index (χ4n) is 2.26. The number of pyridine rings is 2. The number of nitrogens with zero attached hydrogens (tertiary/aromatic N) is 6. The Bertz CT molecular complexity index is 1010. The lowest BCUT2D eigenvalue weighted by Crippen LogP contribution is -1.94. The van der Waals surface area contributed by atoms with E-state index in [0.717, 1.165) is 37.4 Å². The lowest BCUT2D eigenvalue weighted by Gasteiger charge is -2.04.